The van der Waals surface area contributed by atoms with Crippen LogP contribution in [-0.2, 0) is 16.0 Å². The third-order valence-electron chi connectivity index (χ3n) is 3.95. The van der Waals surface area contributed by atoms with E-state index >= 15 is 0 Å². The highest BCUT2D eigenvalue weighted by Crippen LogP contribution is 2.18. The summed E-state index contributed by atoms with van der Waals surface area (Å²) in [6, 6.07) is 2.42. The Hall–Kier alpha value is -1.16. The van der Waals surface area contributed by atoms with Crippen LogP contribution in [0.15, 0.2) is 12.3 Å². The zero-order valence-electron chi connectivity index (χ0n) is 12.0. The lowest BCUT2D eigenvalue weighted by atomic mass is 9.95. The number of carbonyl (C=O) groups excluding carboxylic acids is 1. The first-order chi connectivity index (χ1) is 9.24. The van der Waals surface area contributed by atoms with E-state index in [1.54, 1.807) is 0 Å². The van der Waals surface area contributed by atoms with E-state index in [0.717, 1.165) is 38.0 Å². The zero-order valence-corrected chi connectivity index (χ0v) is 12.0. The smallest absolute Gasteiger partial charge is 0.144 e. The molecule has 1 aromatic heterocycles. The second kappa shape index (κ2) is 6.85. The summed E-state index contributed by atoms with van der Waals surface area (Å²) in [4.78, 5) is 12.2. The number of ketones is 1. The fraction of sp³-hybridized carbons (Fsp3) is 0.733. The van der Waals surface area contributed by atoms with Crippen molar-refractivity contribution in [2.24, 2.45) is 5.92 Å². The van der Waals surface area contributed by atoms with Gasteiger partial charge in [-0.05, 0) is 31.7 Å². The molecule has 0 amide bonds. The van der Waals surface area contributed by atoms with Crippen LogP contribution in [0.4, 0.5) is 0 Å². The molecule has 0 radical (unpaired) electrons. The number of carbonyl (C=O) groups is 1. The average Bonchev–Trinajstić information content (AvgIpc) is 2.89. The molecule has 2 rings (SSSR count). The van der Waals surface area contributed by atoms with E-state index in [1.807, 2.05) is 16.9 Å². The summed E-state index contributed by atoms with van der Waals surface area (Å²) in [5, 5.41) is 4.54. The Bertz CT molecular complexity index is 404. The first kappa shape index (κ1) is 14.3. The van der Waals surface area contributed by atoms with Gasteiger partial charge in [0, 0.05) is 18.7 Å². The summed E-state index contributed by atoms with van der Waals surface area (Å²) < 4.78 is 7.37. The molecule has 1 aliphatic rings. The topological polar surface area (TPSA) is 44.1 Å². The Morgan fingerprint density at radius 3 is 2.95 bits per heavy atom. The Morgan fingerprint density at radius 2 is 2.32 bits per heavy atom. The molecular formula is C15H24N2O2. The number of aromatic nitrogens is 2. The van der Waals surface area contributed by atoms with Gasteiger partial charge in [0.2, 0.25) is 0 Å². The van der Waals surface area contributed by atoms with E-state index in [4.69, 9.17) is 4.74 Å². The van der Waals surface area contributed by atoms with Gasteiger partial charge in [-0.2, -0.15) is 5.10 Å². The molecule has 1 saturated heterocycles. The standard InChI is InChI=1S/C15H24N2O2/c1-3-14(4-2)17-8-7-13(16-17)10-15(18)12-6-5-9-19-11-12/h7-8,12,14H,3-6,9-11H2,1-2H3. The summed E-state index contributed by atoms with van der Waals surface area (Å²) in [5.74, 6) is 0.349. The van der Waals surface area contributed by atoms with E-state index in [0.29, 0.717) is 19.1 Å². The molecule has 106 valence electrons. The lowest BCUT2D eigenvalue weighted by molar-refractivity contribution is -0.126. The van der Waals surface area contributed by atoms with E-state index in [9.17, 15) is 4.79 Å². The molecule has 1 aromatic rings. The van der Waals surface area contributed by atoms with Gasteiger partial charge in [-0.25, -0.2) is 0 Å². The van der Waals surface area contributed by atoms with Gasteiger partial charge in [-0.1, -0.05) is 13.8 Å². The number of ether oxygens (including phenoxy) is 1. The fourth-order valence-corrected chi connectivity index (χ4v) is 2.66. The molecule has 0 aromatic carbocycles. The minimum absolute atomic E-state index is 0.0760. The van der Waals surface area contributed by atoms with Crippen LogP contribution in [0.25, 0.3) is 0 Å². The Kier molecular flexibility index (Phi) is 5.14. The van der Waals surface area contributed by atoms with Crippen LogP contribution < -0.4 is 0 Å². The molecule has 19 heavy (non-hydrogen) atoms. The van der Waals surface area contributed by atoms with Gasteiger partial charge in [-0.15, -0.1) is 0 Å². The molecular weight excluding hydrogens is 240 g/mol. The van der Waals surface area contributed by atoms with E-state index in [-0.39, 0.29) is 11.7 Å². The number of Topliss-reactive ketones (excluding diaryl/α,β-unsaturated/α-hetero) is 1. The van der Waals surface area contributed by atoms with Crippen LogP contribution in [0.5, 0.6) is 0 Å². The molecule has 0 N–H and O–H groups in total. The Morgan fingerprint density at radius 1 is 1.53 bits per heavy atom. The normalized spacial score (nSPS) is 19.8. The van der Waals surface area contributed by atoms with Gasteiger partial charge in [0.1, 0.15) is 5.78 Å². The summed E-state index contributed by atoms with van der Waals surface area (Å²) >= 11 is 0. The first-order valence-electron chi connectivity index (χ1n) is 7.39. The quantitative estimate of drug-likeness (QED) is 0.793. The predicted molar refractivity (Wildman–Crippen MR) is 74.1 cm³/mol. The molecule has 0 aliphatic carbocycles. The predicted octanol–water partition coefficient (Wildman–Crippen LogP) is 2.78. The molecule has 0 bridgehead atoms. The molecule has 1 aliphatic heterocycles. The SMILES string of the molecule is CCC(CC)n1ccc(CC(=O)C2CCCOC2)n1. The van der Waals surface area contributed by atoms with Crippen LogP contribution in [0.1, 0.15) is 51.3 Å². The van der Waals surface area contributed by atoms with Crippen LogP contribution >= 0.6 is 0 Å². The molecule has 1 atom stereocenters. The first-order valence-corrected chi connectivity index (χ1v) is 7.39. The van der Waals surface area contributed by atoms with Crippen LogP contribution in [0, 0.1) is 5.92 Å². The number of rotatable bonds is 6. The highest BCUT2D eigenvalue weighted by molar-refractivity contribution is 5.83. The summed E-state index contributed by atoms with van der Waals surface area (Å²) in [6.07, 6.45) is 6.55. The monoisotopic (exact) mass is 264 g/mol. The second-order valence-electron chi connectivity index (χ2n) is 5.31. The third-order valence-corrected chi connectivity index (χ3v) is 3.95. The van der Waals surface area contributed by atoms with Crippen molar-refractivity contribution >= 4 is 5.78 Å². The Balaban J connectivity index is 1.93. The summed E-state index contributed by atoms with van der Waals surface area (Å²) in [5.41, 5.74) is 0.891. The van der Waals surface area contributed by atoms with Gasteiger partial charge in [0.25, 0.3) is 0 Å². The van der Waals surface area contributed by atoms with Crippen molar-refractivity contribution in [2.45, 2.75) is 52.0 Å². The maximum atomic E-state index is 12.2. The maximum Gasteiger partial charge on any atom is 0.144 e. The highest BCUT2D eigenvalue weighted by atomic mass is 16.5. The summed E-state index contributed by atoms with van der Waals surface area (Å²) in [6.45, 7) is 5.72. The minimum Gasteiger partial charge on any atom is -0.381 e. The fourth-order valence-electron chi connectivity index (χ4n) is 2.66. The largest absolute Gasteiger partial charge is 0.381 e. The van der Waals surface area contributed by atoms with Gasteiger partial charge in [0.15, 0.2) is 0 Å². The number of hydrogen-bond donors (Lipinski definition) is 0. The number of nitrogens with zero attached hydrogens (tertiary/aromatic N) is 2. The van der Waals surface area contributed by atoms with Crippen molar-refractivity contribution in [3.63, 3.8) is 0 Å². The maximum absolute atomic E-state index is 12.2. The van der Waals surface area contributed by atoms with Gasteiger partial charge in [-0.3, -0.25) is 9.48 Å². The van der Waals surface area contributed by atoms with E-state index < -0.39 is 0 Å². The van der Waals surface area contributed by atoms with Crippen LogP contribution in [0.3, 0.4) is 0 Å². The van der Waals surface area contributed by atoms with Crippen molar-refractivity contribution < 1.29 is 9.53 Å². The molecule has 2 heterocycles. The van der Waals surface area contributed by atoms with Gasteiger partial charge in [0.05, 0.1) is 24.8 Å². The minimum atomic E-state index is 0.0760. The molecule has 0 spiro atoms. The third kappa shape index (κ3) is 3.66. The van der Waals surface area contributed by atoms with Crippen molar-refractivity contribution in [3.8, 4) is 0 Å². The van der Waals surface area contributed by atoms with E-state index in [2.05, 4.69) is 18.9 Å². The average molecular weight is 264 g/mol. The zero-order chi connectivity index (χ0) is 13.7. The number of hydrogen-bond acceptors (Lipinski definition) is 3. The van der Waals surface area contributed by atoms with Crippen LogP contribution in [-0.4, -0.2) is 28.8 Å². The molecule has 1 fully saturated rings. The van der Waals surface area contributed by atoms with Crippen LogP contribution in [0.2, 0.25) is 0 Å². The van der Waals surface area contributed by atoms with Crippen molar-refractivity contribution in [1.29, 1.82) is 0 Å². The van der Waals surface area contributed by atoms with Gasteiger partial charge >= 0.3 is 0 Å². The van der Waals surface area contributed by atoms with Crippen molar-refractivity contribution in [2.75, 3.05) is 13.2 Å². The Labute approximate surface area is 115 Å². The lowest BCUT2D eigenvalue weighted by Crippen LogP contribution is -2.26. The van der Waals surface area contributed by atoms with Crippen molar-refractivity contribution in [3.05, 3.63) is 18.0 Å². The van der Waals surface area contributed by atoms with Gasteiger partial charge < -0.3 is 4.74 Å². The molecule has 4 nitrogen and oxygen atoms in total. The highest BCUT2D eigenvalue weighted by Gasteiger charge is 2.22. The van der Waals surface area contributed by atoms with E-state index in [1.165, 1.54) is 0 Å². The molecule has 1 unspecified atom stereocenters. The molecule has 0 saturated carbocycles. The molecule has 4 heteroatoms. The van der Waals surface area contributed by atoms with Crippen molar-refractivity contribution in [1.82, 2.24) is 9.78 Å². The second-order valence-corrected chi connectivity index (χ2v) is 5.31. The lowest BCUT2D eigenvalue weighted by Gasteiger charge is -2.20. The summed E-state index contributed by atoms with van der Waals surface area (Å²) in [7, 11) is 0.